The van der Waals surface area contributed by atoms with Crippen LogP contribution in [-0.4, -0.2) is 30.9 Å². The number of methoxy groups -OCH3 is 1. The Morgan fingerprint density at radius 3 is 2.58 bits per heavy atom. The number of hydrogen-bond donors (Lipinski definition) is 1. The van der Waals surface area contributed by atoms with Gasteiger partial charge in [0.15, 0.2) is 0 Å². The molecular weight excluding hydrogens is 332 g/mol. The van der Waals surface area contributed by atoms with E-state index in [4.69, 9.17) is 4.74 Å². The lowest BCUT2D eigenvalue weighted by atomic mass is 10.1. The number of ether oxygens (including phenoxy) is 1. The molecule has 2 amide bonds. The zero-order valence-electron chi connectivity index (χ0n) is 14.7. The van der Waals surface area contributed by atoms with E-state index in [0.29, 0.717) is 23.4 Å². The number of nitrogens with one attached hydrogen (secondary N) is 1. The van der Waals surface area contributed by atoms with E-state index in [1.54, 1.807) is 25.1 Å². The molecule has 2 aromatic rings. The quantitative estimate of drug-likeness (QED) is 0.659. The summed E-state index contributed by atoms with van der Waals surface area (Å²) in [7, 11) is 1.31. The number of carbonyl (C=O) groups is 3. The molecule has 6 nitrogen and oxygen atoms in total. The third-order valence-electron chi connectivity index (χ3n) is 4.40. The van der Waals surface area contributed by atoms with Crippen LogP contribution in [0.3, 0.4) is 0 Å². The topological polar surface area (TPSA) is 75.7 Å². The first-order valence-corrected chi connectivity index (χ1v) is 8.34. The van der Waals surface area contributed by atoms with E-state index in [1.165, 1.54) is 12.0 Å². The van der Waals surface area contributed by atoms with Crippen molar-refractivity contribution in [2.75, 3.05) is 12.0 Å². The molecule has 1 aliphatic heterocycles. The van der Waals surface area contributed by atoms with Gasteiger partial charge in [-0.2, -0.15) is 0 Å². The van der Waals surface area contributed by atoms with Gasteiger partial charge in [-0.25, -0.2) is 9.69 Å². The zero-order chi connectivity index (χ0) is 18.7. The Balaban J connectivity index is 1.75. The molecule has 0 aliphatic carbocycles. The Morgan fingerprint density at radius 2 is 1.92 bits per heavy atom. The molecule has 1 atom stereocenters. The third-order valence-corrected chi connectivity index (χ3v) is 4.40. The van der Waals surface area contributed by atoms with E-state index in [-0.39, 0.29) is 18.2 Å². The normalized spacial score (nSPS) is 16.8. The smallest absolute Gasteiger partial charge is 0.337 e. The summed E-state index contributed by atoms with van der Waals surface area (Å²) in [6, 6.07) is 13.9. The maximum atomic E-state index is 12.7. The minimum atomic E-state index is -0.553. The van der Waals surface area contributed by atoms with Crippen molar-refractivity contribution in [2.45, 2.75) is 25.9 Å². The first-order chi connectivity index (χ1) is 12.5. The van der Waals surface area contributed by atoms with Crippen molar-refractivity contribution in [3.63, 3.8) is 0 Å². The van der Waals surface area contributed by atoms with Gasteiger partial charge in [-0.15, -0.1) is 0 Å². The van der Waals surface area contributed by atoms with Gasteiger partial charge in [0.1, 0.15) is 0 Å². The van der Waals surface area contributed by atoms with Gasteiger partial charge in [0.2, 0.25) is 5.91 Å². The van der Waals surface area contributed by atoms with Crippen LogP contribution in [0.5, 0.6) is 0 Å². The average Bonchev–Trinajstić information content (AvgIpc) is 2.94. The van der Waals surface area contributed by atoms with Crippen molar-refractivity contribution in [3.05, 3.63) is 65.2 Å². The van der Waals surface area contributed by atoms with Crippen LogP contribution < -0.4 is 10.2 Å². The molecule has 0 radical (unpaired) electrons. The highest BCUT2D eigenvalue weighted by molar-refractivity contribution is 6.22. The van der Waals surface area contributed by atoms with Gasteiger partial charge in [-0.3, -0.25) is 9.59 Å². The standard InChI is InChI=1S/C20H20N2O4/c1-13-10-15(20(25)26-2)8-9-17(13)22-18(23)11-16(19(22)24)21-12-14-6-4-3-5-7-14/h3-10,16,21H,11-12H2,1-2H3. The van der Waals surface area contributed by atoms with Crippen LogP contribution in [0, 0.1) is 6.92 Å². The number of benzene rings is 2. The van der Waals surface area contributed by atoms with Crippen molar-refractivity contribution in [3.8, 4) is 0 Å². The summed E-state index contributed by atoms with van der Waals surface area (Å²) >= 11 is 0. The molecule has 1 unspecified atom stereocenters. The third kappa shape index (κ3) is 3.50. The fourth-order valence-electron chi connectivity index (χ4n) is 3.03. The molecule has 0 saturated carbocycles. The molecule has 1 aliphatic rings. The fraction of sp³-hybridized carbons (Fsp3) is 0.250. The zero-order valence-corrected chi connectivity index (χ0v) is 14.7. The number of imide groups is 1. The minimum absolute atomic E-state index is 0.115. The molecule has 6 heteroatoms. The summed E-state index contributed by atoms with van der Waals surface area (Å²) in [5.41, 5.74) is 2.59. The van der Waals surface area contributed by atoms with Crippen molar-refractivity contribution < 1.29 is 19.1 Å². The van der Waals surface area contributed by atoms with Crippen molar-refractivity contribution in [1.82, 2.24) is 5.32 Å². The summed E-state index contributed by atoms with van der Waals surface area (Å²) in [5, 5.41) is 3.15. The molecular formula is C20H20N2O4. The molecule has 26 heavy (non-hydrogen) atoms. The van der Waals surface area contributed by atoms with Crippen LogP contribution in [0.4, 0.5) is 5.69 Å². The van der Waals surface area contributed by atoms with E-state index in [9.17, 15) is 14.4 Å². The highest BCUT2D eigenvalue weighted by atomic mass is 16.5. The van der Waals surface area contributed by atoms with Gasteiger partial charge >= 0.3 is 5.97 Å². The molecule has 1 N–H and O–H groups in total. The molecule has 0 bridgehead atoms. The highest BCUT2D eigenvalue weighted by Crippen LogP contribution is 2.27. The van der Waals surface area contributed by atoms with Gasteiger partial charge in [-0.1, -0.05) is 30.3 Å². The summed E-state index contributed by atoms with van der Waals surface area (Å²) in [6.07, 6.45) is 0.115. The predicted molar refractivity (Wildman–Crippen MR) is 96.7 cm³/mol. The van der Waals surface area contributed by atoms with Gasteiger partial charge in [-0.05, 0) is 36.2 Å². The number of amides is 2. The maximum absolute atomic E-state index is 12.7. The van der Waals surface area contributed by atoms with Crippen molar-refractivity contribution >= 4 is 23.5 Å². The monoisotopic (exact) mass is 352 g/mol. The average molecular weight is 352 g/mol. The van der Waals surface area contributed by atoms with Gasteiger partial charge in [0.05, 0.1) is 30.8 Å². The van der Waals surface area contributed by atoms with Gasteiger partial charge in [0.25, 0.3) is 5.91 Å². The van der Waals surface area contributed by atoms with Crippen LogP contribution in [0.2, 0.25) is 0 Å². The lowest BCUT2D eigenvalue weighted by Crippen LogP contribution is -2.38. The lowest BCUT2D eigenvalue weighted by Gasteiger charge is -2.18. The fourth-order valence-corrected chi connectivity index (χ4v) is 3.03. The van der Waals surface area contributed by atoms with Gasteiger partial charge < -0.3 is 10.1 Å². The van der Waals surface area contributed by atoms with Crippen LogP contribution in [0.25, 0.3) is 0 Å². The van der Waals surface area contributed by atoms with E-state index in [2.05, 4.69) is 5.32 Å². The SMILES string of the molecule is COC(=O)c1ccc(N2C(=O)CC(NCc3ccccc3)C2=O)c(C)c1. The second-order valence-corrected chi connectivity index (χ2v) is 6.18. The Hall–Kier alpha value is -2.99. The first kappa shape index (κ1) is 17.8. The maximum Gasteiger partial charge on any atom is 0.337 e. The lowest BCUT2D eigenvalue weighted by molar-refractivity contribution is -0.121. The van der Waals surface area contributed by atoms with Crippen molar-refractivity contribution in [1.29, 1.82) is 0 Å². The number of aryl methyl sites for hydroxylation is 1. The molecule has 1 fully saturated rings. The Labute approximate surface area is 151 Å². The van der Waals surface area contributed by atoms with E-state index in [1.807, 2.05) is 30.3 Å². The van der Waals surface area contributed by atoms with Crippen LogP contribution >= 0.6 is 0 Å². The molecule has 2 aromatic carbocycles. The highest BCUT2D eigenvalue weighted by Gasteiger charge is 2.39. The number of rotatable bonds is 5. The summed E-state index contributed by atoms with van der Waals surface area (Å²) in [5.74, 6) is -0.990. The van der Waals surface area contributed by atoms with Crippen LogP contribution in [0.15, 0.2) is 48.5 Å². The Kier molecular flexibility index (Phi) is 5.14. The van der Waals surface area contributed by atoms with E-state index >= 15 is 0 Å². The number of anilines is 1. The number of carbonyl (C=O) groups excluding carboxylic acids is 3. The second-order valence-electron chi connectivity index (χ2n) is 6.18. The van der Waals surface area contributed by atoms with Gasteiger partial charge in [0, 0.05) is 6.54 Å². The summed E-state index contributed by atoms with van der Waals surface area (Å²) in [4.78, 5) is 37.9. The number of hydrogen-bond acceptors (Lipinski definition) is 5. The summed E-state index contributed by atoms with van der Waals surface area (Å²) < 4.78 is 4.69. The molecule has 1 heterocycles. The van der Waals surface area contributed by atoms with Crippen LogP contribution in [0.1, 0.15) is 27.9 Å². The van der Waals surface area contributed by atoms with Crippen molar-refractivity contribution in [2.24, 2.45) is 0 Å². The van der Waals surface area contributed by atoms with E-state index in [0.717, 1.165) is 5.56 Å². The molecule has 3 rings (SSSR count). The molecule has 134 valence electrons. The Morgan fingerprint density at radius 1 is 1.19 bits per heavy atom. The predicted octanol–water partition coefficient (Wildman–Crippen LogP) is 2.20. The number of esters is 1. The van der Waals surface area contributed by atoms with E-state index < -0.39 is 12.0 Å². The van der Waals surface area contributed by atoms with Crippen LogP contribution in [-0.2, 0) is 20.9 Å². The second kappa shape index (κ2) is 7.49. The number of nitrogens with zero attached hydrogens (tertiary/aromatic N) is 1. The first-order valence-electron chi connectivity index (χ1n) is 8.34. The molecule has 1 saturated heterocycles. The minimum Gasteiger partial charge on any atom is -0.465 e. The molecule has 0 aromatic heterocycles. The summed E-state index contributed by atoms with van der Waals surface area (Å²) in [6.45, 7) is 2.27. The Bertz CT molecular complexity index is 848. The molecule has 0 spiro atoms. The largest absolute Gasteiger partial charge is 0.465 e.